The molecule has 2 aliphatic heterocycles. The highest BCUT2D eigenvalue weighted by Gasteiger charge is 2.28. The van der Waals surface area contributed by atoms with Crippen LogP contribution >= 0.6 is 15.9 Å². The molecule has 0 N–H and O–H groups in total. The van der Waals surface area contributed by atoms with Crippen molar-refractivity contribution in [2.24, 2.45) is 5.92 Å². The van der Waals surface area contributed by atoms with Gasteiger partial charge in [0.1, 0.15) is 11.9 Å². The van der Waals surface area contributed by atoms with Crippen LogP contribution in [0.5, 0.6) is 0 Å². The molecule has 8 heteroatoms. The Hall–Kier alpha value is -1.25. The molecule has 1 atom stereocenters. The van der Waals surface area contributed by atoms with Crippen LogP contribution in [-0.4, -0.2) is 48.9 Å². The molecule has 23 heavy (non-hydrogen) atoms. The van der Waals surface area contributed by atoms with Crippen LogP contribution in [0, 0.1) is 16.0 Å². The van der Waals surface area contributed by atoms with Crippen molar-refractivity contribution < 1.29 is 14.4 Å². The zero-order valence-electron chi connectivity index (χ0n) is 12.8. The molecule has 0 radical (unpaired) electrons. The molecule has 7 nitrogen and oxygen atoms in total. The monoisotopic (exact) mass is 385 g/mol. The molecule has 0 bridgehead atoms. The Bertz CT molecular complexity index is 558. The van der Waals surface area contributed by atoms with Crippen molar-refractivity contribution in [3.05, 3.63) is 27.0 Å². The first-order valence-electron chi connectivity index (χ1n) is 7.87. The fourth-order valence-electron chi connectivity index (χ4n) is 3.10. The third kappa shape index (κ3) is 3.99. The molecule has 2 fully saturated rings. The Labute approximate surface area is 143 Å². The summed E-state index contributed by atoms with van der Waals surface area (Å²) in [6, 6.07) is 0. The van der Waals surface area contributed by atoms with Crippen molar-refractivity contribution in [1.29, 1.82) is 0 Å². The standard InChI is InChI=1S/C15H20BrN3O4/c16-13-7-17-8-14(19(20)21)15(13)18-4-1-12(2-5-18)23-10-11-3-6-22-9-11/h7-8,11-12H,1-6,9-10H2. The van der Waals surface area contributed by atoms with Gasteiger partial charge in [-0.05, 0) is 35.2 Å². The summed E-state index contributed by atoms with van der Waals surface area (Å²) < 4.78 is 12.0. The number of nitro groups is 1. The first kappa shape index (κ1) is 16.6. The predicted molar refractivity (Wildman–Crippen MR) is 88.7 cm³/mol. The van der Waals surface area contributed by atoms with Gasteiger partial charge < -0.3 is 14.4 Å². The summed E-state index contributed by atoms with van der Waals surface area (Å²) in [7, 11) is 0. The normalized spacial score (nSPS) is 22.5. The molecule has 3 rings (SSSR count). The first-order valence-corrected chi connectivity index (χ1v) is 8.66. The average Bonchev–Trinajstić information content (AvgIpc) is 3.07. The van der Waals surface area contributed by atoms with E-state index in [1.165, 1.54) is 6.20 Å². The molecule has 2 aliphatic rings. The van der Waals surface area contributed by atoms with Crippen LogP contribution in [0.15, 0.2) is 16.9 Å². The number of aromatic nitrogens is 1. The van der Waals surface area contributed by atoms with E-state index >= 15 is 0 Å². The zero-order chi connectivity index (χ0) is 16.2. The highest BCUT2D eigenvalue weighted by atomic mass is 79.9. The van der Waals surface area contributed by atoms with Gasteiger partial charge >= 0.3 is 5.69 Å². The third-order valence-electron chi connectivity index (χ3n) is 4.40. The van der Waals surface area contributed by atoms with Crippen LogP contribution in [0.25, 0.3) is 0 Å². The minimum absolute atomic E-state index is 0.0434. The Morgan fingerprint density at radius 2 is 2.17 bits per heavy atom. The number of hydrogen-bond donors (Lipinski definition) is 0. The van der Waals surface area contributed by atoms with Gasteiger partial charge in [-0.15, -0.1) is 0 Å². The second-order valence-electron chi connectivity index (χ2n) is 6.00. The fraction of sp³-hybridized carbons (Fsp3) is 0.667. The van der Waals surface area contributed by atoms with Gasteiger partial charge in [-0.25, -0.2) is 0 Å². The third-order valence-corrected chi connectivity index (χ3v) is 4.98. The molecule has 1 aromatic heterocycles. The van der Waals surface area contributed by atoms with Gasteiger partial charge in [0, 0.05) is 31.8 Å². The molecule has 0 amide bonds. The van der Waals surface area contributed by atoms with E-state index in [0.29, 0.717) is 16.1 Å². The van der Waals surface area contributed by atoms with Crippen molar-refractivity contribution in [3.8, 4) is 0 Å². The Balaban J connectivity index is 1.57. The van der Waals surface area contributed by atoms with E-state index in [1.807, 2.05) is 4.90 Å². The van der Waals surface area contributed by atoms with E-state index in [-0.39, 0.29) is 16.7 Å². The maximum Gasteiger partial charge on any atom is 0.311 e. The number of halogens is 1. The number of nitrogens with zero attached hydrogens (tertiary/aromatic N) is 3. The van der Waals surface area contributed by atoms with E-state index in [2.05, 4.69) is 20.9 Å². The van der Waals surface area contributed by atoms with Crippen molar-refractivity contribution >= 4 is 27.3 Å². The second kappa shape index (κ2) is 7.55. The number of rotatable bonds is 5. The summed E-state index contributed by atoms with van der Waals surface area (Å²) in [4.78, 5) is 16.8. The van der Waals surface area contributed by atoms with E-state index in [4.69, 9.17) is 9.47 Å². The fourth-order valence-corrected chi connectivity index (χ4v) is 3.67. The van der Waals surface area contributed by atoms with Crippen LogP contribution in [0.2, 0.25) is 0 Å². The van der Waals surface area contributed by atoms with Gasteiger partial charge in [-0.2, -0.15) is 0 Å². The molecule has 0 spiro atoms. The average molecular weight is 386 g/mol. The zero-order valence-corrected chi connectivity index (χ0v) is 14.4. The molecule has 3 heterocycles. The van der Waals surface area contributed by atoms with Gasteiger partial charge in [0.25, 0.3) is 0 Å². The van der Waals surface area contributed by atoms with E-state index in [1.54, 1.807) is 6.20 Å². The van der Waals surface area contributed by atoms with Crippen LogP contribution in [-0.2, 0) is 9.47 Å². The molecule has 1 aromatic rings. The van der Waals surface area contributed by atoms with Crippen LogP contribution in [0.4, 0.5) is 11.4 Å². The first-order chi connectivity index (χ1) is 11.1. The minimum Gasteiger partial charge on any atom is -0.381 e. The SMILES string of the molecule is O=[N+]([O-])c1cncc(Br)c1N1CCC(OCC2CCOC2)CC1. The summed E-state index contributed by atoms with van der Waals surface area (Å²) in [6.07, 6.45) is 5.97. The van der Waals surface area contributed by atoms with Crippen molar-refractivity contribution in [1.82, 2.24) is 4.98 Å². The highest BCUT2D eigenvalue weighted by Crippen LogP contribution is 2.36. The number of piperidine rings is 1. The summed E-state index contributed by atoms with van der Waals surface area (Å²) >= 11 is 3.39. The largest absolute Gasteiger partial charge is 0.381 e. The van der Waals surface area contributed by atoms with Gasteiger partial charge in [-0.3, -0.25) is 15.1 Å². The number of anilines is 1. The highest BCUT2D eigenvalue weighted by molar-refractivity contribution is 9.10. The summed E-state index contributed by atoms with van der Waals surface area (Å²) in [5.74, 6) is 0.517. The lowest BCUT2D eigenvalue weighted by molar-refractivity contribution is -0.384. The molecule has 126 valence electrons. The van der Waals surface area contributed by atoms with Crippen molar-refractivity contribution in [2.75, 3.05) is 37.8 Å². The van der Waals surface area contributed by atoms with Crippen LogP contribution < -0.4 is 4.90 Å². The Kier molecular flexibility index (Phi) is 5.45. The van der Waals surface area contributed by atoms with E-state index in [9.17, 15) is 10.1 Å². The summed E-state index contributed by atoms with van der Waals surface area (Å²) in [5.41, 5.74) is 0.662. The van der Waals surface area contributed by atoms with Crippen LogP contribution in [0.1, 0.15) is 19.3 Å². The maximum absolute atomic E-state index is 11.2. The molecular weight excluding hydrogens is 366 g/mol. The van der Waals surface area contributed by atoms with Gasteiger partial charge in [0.15, 0.2) is 0 Å². The van der Waals surface area contributed by atoms with Gasteiger partial charge in [0.2, 0.25) is 0 Å². The predicted octanol–water partition coefficient (Wildman–Crippen LogP) is 2.77. The smallest absolute Gasteiger partial charge is 0.311 e. The van der Waals surface area contributed by atoms with E-state index < -0.39 is 0 Å². The van der Waals surface area contributed by atoms with Gasteiger partial charge in [0.05, 0.1) is 28.7 Å². The molecular formula is C15H20BrN3O4. The van der Waals surface area contributed by atoms with Gasteiger partial charge in [-0.1, -0.05) is 0 Å². The quantitative estimate of drug-likeness (QED) is 0.572. The molecule has 0 aromatic carbocycles. The number of pyridine rings is 1. The van der Waals surface area contributed by atoms with Crippen molar-refractivity contribution in [3.63, 3.8) is 0 Å². The van der Waals surface area contributed by atoms with Crippen molar-refractivity contribution in [2.45, 2.75) is 25.4 Å². The lowest BCUT2D eigenvalue weighted by Gasteiger charge is -2.33. The summed E-state index contributed by atoms with van der Waals surface area (Å²) in [5, 5.41) is 11.2. The lowest BCUT2D eigenvalue weighted by Crippen LogP contribution is -2.38. The Morgan fingerprint density at radius 3 is 2.83 bits per heavy atom. The molecule has 0 aliphatic carbocycles. The molecule has 0 saturated carbocycles. The molecule has 1 unspecified atom stereocenters. The lowest BCUT2D eigenvalue weighted by atomic mass is 10.1. The maximum atomic E-state index is 11.2. The number of ether oxygens (including phenoxy) is 2. The molecule has 2 saturated heterocycles. The minimum atomic E-state index is -0.379. The van der Waals surface area contributed by atoms with E-state index in [0.717, 1.165) is 52.2 Å². The van der Waals surface area contributed by atoms with Crippen LogP contribution in [0.3, 0.4) is 0 Å². The Morgan fingerprint density at radius 1 is 1.39 bits per heavy atom. The summed E-state index contributed by atoms with van der Waals surface area (Å²) in [6.45, 7) is 3.88. The second-order valence-corrected chi connectivity index (χ2v) is 6.85. The topological polar surface area (TPSA) is 77.7 Å². The number of hydrogen-bond acceptors (Lipinski definition) is 6.